The maximum Gasteiger partial charge on any atom is 0.316 e. The van der Waals surface area contributed by atoms with Crippen LogP contribution in [0, 0.1) is 5.82 Å². The predicted octanol–water partition coefficient (Wildman–Crippen LogP) is 2.87. The fraction of sp³-hybridized carbons (Fsp3) is 0.364. The van der Waals surface area contributed by atoms with Gasteiger partial charge < -0.3 is 4.74 Å². The van der Waals surface area contributed by atoms with Crippen LogP contribution in [0.1, 0.15) is 13.8 Å². The van der Waals surface area contributed by atoms with Crippen LogP contribution in [-0.2, 0) is 9.53 Å². The summed E-state index contributed by atoms with van der Waals surface area (Å²) in [6.07, 6.45) is -0.106. The molecule has 0 aliphatic carbocycles. The van der Waals surface area contributed by atoms with E-state index in [1.165, 1.54) is 23.9 Å². The minimum Gasteiger partial charge on any atom is -0.462 e. The summed E-state index contributed by atoms with van der Waals surface area (Å²) in [4.78, 5) is 11.9. The molecule has 0 N–H and O–H groups in total. The van der Waals surface area contributed by atoms with Crippen molar-refractivity contribution in [2.45, 2.75) is 24.8 Å². The highest BCUT2D eigenvalue weighted by atomic mass is 32.2. The van der Waals surface area contributed by atoms with Crippen LogP contribution >= 0.6 is 11.8 Å². The molecule has 0 saturated carbocycles. The van der Waals surface area contributed by atoms with Gasteiger partial charge in [-0.25, -0.2) is 4.39 Å². The molecular weight excluding hydrogens is 215 g/mol. The molecule has 15 heavy (non-hydrogen) atoms. The average Bonchev–Trinajstić information content (AvgIpc) is 2.14. The smallest absolute Gasteiger partial charge is 0.316 e. The molecule has 1 aromatic rings. The summed E-state index contributed by atoms with van der Waals surface area (Å²) >= 11 is 1.27. The van der Waals surface area contributed by atoms with Gasteiger partial charge in [0.25, 0.3) is 0 Å². The number of carbonyl (C=O) groups excluding carboxylic acids is 1. The minimum atomic E-state index is -0.294. The fourth-order valence-corrected chi connectivity index (χ4v) is 1.72. The molecule has 0 fully saturated rings. The first-order valence-corrected chi connectivity index (χ1v) is 5.64. The van der Waals surface area contributed by atoms with Gasteiger partial charge in [0.1, 0.15) is 5.82 Å². The Labute approximate surface area is 92.8 Å². The molecular formula is C11H13FO2S. The lowest BCUT2D eigenvalue weighted by Gasteiger charge is -2.07. The van der Waals surface area contributed by atoms with Gasteiger partial charge >= 0.3 is 5.97 Å². The van der Waals surface area contributed by atoms with Crippen LogP contribution in [0.5, 0.6) is 0 Å². The van der Waals surface area contributed by atoms with Gasteiger partial charge in [-0.2, -0.15) is 0 Å². The molecule has 1 rings (SSSR count). The van der Waals surface area contributed by atoms with Crippen molar-refractivity contribution >= 4 is 17.7 Å². The second-order valence-corrected chi connectivity index (χ2v) is 4.33. The summed E-state index contributed by atoms with van der Waals surface area (Å²) in [5.74, 6) is -0.363. The Bertz CT molecular complexity index is 339. The van der Waals surface area contributed by atoms with Crippen molar-refractivity contribution < 1.29 is 13.9 Å². The third kappa shape index (κ3) is 4.83. The topological polar surface area (TPSA) is 26.3 Å². The highest BCUT2D eigenvalue weighted by Crippen LogP contribution is 2.18. The molecule has 0 aliphatic rings. The highest BCUT2D eigenvalue weighted by molar-refractivity contribution is 8.00. The second-order valence-electron chi connectivity index (χ2n) is 3.28. The Morgan fingerprint density at radius 1 is 1.53 bits per heavy atom. The van der Waals surface area contributed by atoms with E-state index < -0.39 is 0 Å². The lowest BCUT2D eigenvalue weighted by atomic mass is 10.4. The molecule has 82 valence electrons. The first-order valence-electron chi connectivity index (χ1n) is 4.66. The molecule has 0 radical (unpaired) electrons. The van der Waals surface area contributed by atoms with Crippen molar-refractivity contribution in [1.29, 1.82) is 0 Å². The van der Waals surface area contributed by atoms with E-state index in [4.69, 9.17) is 4.74 Å². The Hall–Kier alpha value is -1.03. The summed E-state index contributed by atoms with van der Waals surface area (Å²) in [7, 11) is 0. The number of ether oxygens (including phenoxy) is 1. The van der Waals surface area contributed by atoms with Crippen molar-refractivity contribution in [3.63, 3.8) is 0 Å². The van der Waals surface area contributed by atoms with Crippen LogP contribution < -0.4 is 0 Å². The van der Waals surface area contributed by atoms with E-state index in [1.54, 1.807) is 26.0 Å². The van der Waals surface area contributed by atoms with Crippen molar-refractivity contribution in [1.82, 2.24) is 0 Å². The number of esters is 1. The molecule has 0 unspecified atom stereocenters. The van der Waals surface area contributed by atoms with Gasteiger partial charge in [-0.15, -0.1) is 11.8 Å². The molecule has 0 aromatic heterocycles. The molecule has 0 spiro atoms. The number of halogens is 1. The lowest BCUT2D eigenvalue weighted by Crippen LogP contribution is -2.13. The predicted molar refractivity (Wildman–Crippen MR) is 58.4 cm³/mol. The van der Waals surface area contributed by atoms with Crippen LogP contribution in [0.4, 0.5) is 4.39 Å². The Morgan fingerprint density at radius 2 is 2.27 bits per heavy atom. The van der Waals surface area contributed by atoms with Gasteiger partial charge in [-0.1, -0.05) is 6.07 Å². The molecule has 0 saturated heterocycles. The van der Waals surface area contributed by atoms with E-state index in [-0.39, 0.29) is 23.6 Å². The van der Waals surface area contributed by atoms with Gasteiger partial charge in [0.05, 0.1) is 11.9 Å². The van der Waals surface area contributed by atoms with Crippen LogP contribution in [0.2, 0.25) is 0 Å². The van der Waals surface area contributed by atoms with Crippen LogP contribution in [-0.4, -0.2) is 17.8 Å². The molecule has 0 bridgehead atoms. The van der Waals surface area contributed by atoms with Gasteiger partial charge in [-0.3, -0.25) is 4.79 Å². The third-order valence-electron chi connectivity index (χ3n) is 1.52. The number of thioether (sulfide) groups is 1. The van der Waals surface area contributed by atoms with Crippen molar-refractivity contribution in [2.24, 2.45) is 0 Å². The quantitative estimate of drug-likeness (QED) is 0.585. The van der Waals surface area contributed by atoms with E-state index in [9.17, 15) is 9.18 Å². The summed E-state index contributed by atoms with van der Waals surface area (Å²) in [6, 6.07) is 6.14. The van der Waals surface area contributed by atoms with Gasteiger partial charge in [0.15, 0.2) is 0 Å². The molecule has 0 amide bonds. The average molecular weight is 228 g/mol. The van der Waals surface area contributed by atoms with Gasteiger partial charge in [-0.05, 0) is 32.0 Å². The normalized spacial score (nSPS) is 10.4. The van der Waals surface area contributed by atoms with Crippen molar-refractivity contribution in [3.05, 3.63) is 30.1 Å². The lowest BCUT2D eigenvalue weighted by molar-refractivity contribution is -0.144. The van der Waals surface area contributed by atoms with Gasteiger partial charge in [0, 0.05) is 4.90 Å². The molecule has 0 heterocycles. The molecule has 4 heteroatoms. The minimum absolute atomic E-state index is 0.106. The molecule has 0 atom stereocenters. The van der Waals surface area contributed by atoms with Crippen molar-refractivity contribution in [3.8, 4) is 0 Å². The zero-order valence-electron chi connectivity index (χ0n) is 8.70. The monoisotopic (exact) mass is 228 g/mol. The number of carbonyl (C=O) groups is 1. The largest absolute Gasteiger partial charge is 0.462 e. The number of hydrogen-bond acceptors (Lipinski definition) is 3. The maximum absolute atomic E-state index is 12.8. The van der Waals surface area contributed by atoms with Crippen LogP contribution in [0.25, 0.3) is 0 Å². The van der Waals surface area contributed by atoms with E-state index in [0.29, 0.717) is 0 Å². The van der Waals surface area contributed by atoms with Gasteiger partial charge in [0.2, 0.25) is 0 Å². The van der Waals surface area contributed by atoms with E-state index in [1.807, 2.05) is 0 Å². The summed E-state index contributed by atoms with van der Waals surface area (Å²) in [5, 5.41) is 0. The first-order chi connectivity index (χ1) is 7.08. The van der Waals surface area contributed by atoms with E-state index in [2.05, 4.69) is 0 Å². The maximum atomic E-state index is 12.8. The highest BCUT2D eigenvalue weighted by Gasteiger charge is 2.06. The number of rotatable bonds is 4. The number of benzene rings is 1. The van der Waals surface area contributed by atoms with E-state index >= 15 is 0 Å². The number of hydrogen-bond donors (Lipinski definition) is 0. The van der Waals surface area contributed by atoms with Crippen molar-refractivity contribution in [2.75, 3.05) is 5.75 Å². The molecule has 0 aliphatic heterocycles. The standard InChI is InChI=1S/C11H13FO2S/c1-8(2)14-11(13)7-15-10-5-3-4-9(12)6-10/h3-6,8H,7H2,1-2H3. The Balaban J connectivity index is 2.40. The zero-order chi connectivity index (χ0) is 11.3. The molecule has 2 nitrogen and oxygen atoms in total. The summed E-state index contributed by atoms with van der Waals surface area (Å²) in [6.45, 7) is 3.59. The van der Waals surface area contributed by atoms with E-state index in [0.717, 1.165) is 4.90 Å². The zero-order valence-corrected chi connectivity index (χ0v) is 9.51. The SMILES string of the molecule is CC(C)OC(=O)CSc1cccc(F)c1. The first kappa shape index (κ1) is 12.0. The second kappa shape index (κ2) is 5.75. The summed E-state index contributed by atoms with van der Waals surface area (Å²) < 4.78 is 17.7. The Morgan fingerprint density at radius 3 is 2.87 bits per heavy atom. The van der Waals surface area contributed by atoms with Crippen LogP contribution in [0.15, 0.2) is 29.2 Å². The Kier molecular flexibility index (Phi) is 4.62. The van der Waals surface area contributed by atoms with Crippen LogP contribution in [0.3, 0.4) is 0 Å². The molecule has 1 aromatic carbocycles. The third-order valence-corrected chi connectivity index (χ3v) is 2.49. The fourth-order valence-electron chi connectivity index (χ4n) is 0.996. The summed E-state index contributed by atoms with van der Waals surface area (Å²) in [5.41, 5.74) is 0.